The Bertz CT molecular complexity index is 487. The van der Waals surface area contributed by atoms with Crippen molar-refractivity contribution in [3.63, 3.8) is 0 Å². The minimum atomic E-state index is -0.577. The highest BCUT2D eigenvalue weighted by Crippen LogP contribution is 2.43. The standard InChI is InChI=1S/C16H19ClO2/c1-12(2)15(18)19-16(10-6-3-7-11-16)13-8-4-5-9-14(13)17/h4-5,8-9H,1,3,6-7,10-11H2,2H3. The third-order valence-electron chi connectivity index (χ3n) is 3.66. The lowest BCUT2D eigenvalue weighted by molar-refractivity contribution is -0.160. The average molecular weight is 279 g/mol. The van der Waals surface area contributed by atoms with Crippen LogP contribution in [0.5, 0.6) is 0 Å². The summed E-state index contributed by atoms with van der Waals surface area (Å²) in [6.07, 6.45) is 4.94. The van der Waals surface area contributed by atoms with Crippen LogP contribution in [0.1, 0.15) is 44.6 Å². The van der Waals surface area contributed by atoms with Crippen LogP contribution in [0.2, 0.25) is 5.02 Å². The third kappa shape index (κ3) is 3.01. The van der Waals surface area contributed by atoms with Gasteiger partial charge in [-0.05, 0) is 38.7 Å². The summed E-state index contributed by atoms with van der Waals surface area (Å²) < 4.78 is 5.78. The Morgan fingerprint density at radius 1 is 1.26 bits per heavy atom. The number of benzene rings is 1. The van der Waals surface area contributed by atoms with Crippen LogP contribution >= 0.6 is 11.6 Å². The molecule has 1 fully saturated rings. The quantitative estimate of drug-likeness (QED) is 0.596. The molecule has 0 spiro atoms. The van der Waals surface area contributed by atoms with E-state index in [9.17, 15) is 4.79 Å². The van der Waals surface area contributed by atoms with Crippen LogP contribution in [-0.4, -0.2) is 5.97 Å². The number of esters is 1. The highest BCUT2D eigenvalue weighted by atomic mass is 35.5. The lowest BCUT2D eigenvalue weighted by atomic mass is 9.79. The minimum Gasteiger partial charge on any atom is -0.451 e. The maximum atomic E-state index is 11.9. The zero-order valence-electron chi connectivity index (χ0n) is 11.2. The summed E-state index contributed by atoms with van der Waals surface area (Å²) in [5.74, 6) is -0.332. The molecule has 1 saturated carbocycles. The minimum absolute atomic E-state index is 0.332. The summed E-state index contributed by atoms with van der Waals surface area (Å²) in [5.41, 5.74) is 0.773. The number of ether oxygens (including phenoxy) is 1. The van der Waals surface area contributed by atoms with Crippen molar-refractivity contribution < 1.29 is 9.53 Å². The van der Waals surface area contributed by atoms with E-state index in [0.717, 1.165) is 31.2 Å². The van der Waals surface area contributed by atoms with Gasteiger partial charge in [0.2, 0.25) is 0 Å². The van der Waals surface area contributed by atoms with Crippen molar-refractivity contribution in [2.75, 3.05) is 0 Å². The maximum absolute atomic E-state index is 11.9. The molecule has 1 aromatic carbocycles. The van der Waals surface area contributed by atoms with Crippen LogP contribution in [0.25, 0.3) is 0 Å². The van der Waals surface area contributed by atoms with E-state index in [2.05, 4.69) is 6.58 Å². The summed E-state index contributed by atoms with van der Waals surface area (Å²) in [4.78, 5) is 11.9. The van der Waals surface area contributed by atoms with Gasteiger partial charge in [0, 0.05) is 16.2 Å². The van der Waals surface area contributed by atoms with Crippen LogP contribution < -0.4 is 0 Å². The van der Waals surface area contributed by atoms with Crippen LogP contribution in [0.4, 0.5) is 0 Å². The Hall–Kier alpha value is -1.28. The second-order valence-electron chi connectivity index (χ2n) is 5.20. The van der Waals surface area contributed by atoms with Crippen molar-refractivity contribution in [1.82, 2.24) is 0 Å². The Labute approximate surface area is 119 Å². The first-order chi connectivity index (χ1) is 9.05. The monoisotopic (exact) mass is 278 g/mol. The average Bonchev–Trinajstić information content (AvgIpc) is 2.40. The maximum Gasteiger partial charge on any atom is 0.333 e. The summed E-state index contributed by atoms with van der Waals surface area (Å²) in [7, 11) is 0. The van der Waals surface area contributed by atoms with E-state index in [4.69, 9.17) is 16.3 Å². The summed E-state index contributed by atoms with van der Waals surface area (Å²) in [6.45, 7) is 5.33. The van der Waals surface area contributed by atoms with E-state index in [-0.39, 0.29) is 5.97 Å². The predicted molar refractivity (Wildman–Crippen MR) is 77.1 cm³/mol. The van der Waals surface area contributed by atoms with Crippen LogP contribution in [-0.2, 0) is 15.1 Å². The molecule has 0 radical (unpaired) electrons. The van der Waals surface area contributed by atoms with Crippen molar-refractivity contribution in [3.05, 3.63) is 47.0 Å². The first kappa shape index (κ1) is 14.1. The van der Waals surface area contributed by atoms with Crippen molar-refractivity contribution in [3.8, 4) is 0 Å². The normalized spacial score (nSPS) is 17.8. The molecule has 1 aliphatic rings. The molecule has 19 heavy (non-hydrogen) atoms. The van der Waals surface area contributed by atoms with Gasteiger partial charge < -0.3 is 4.74 Å². The van der Waals surface area contributed by atoms with Gasteiger partial charge in [-0.1, -0.05) is 42.8 Å². The van der Waals surface area contributed by atoms with E-state index >= 15 is 0 Å². The summed E-state index contributed by atoms with van der Waals surface area (Å²) in [5, 5.41) is 0.666. The molecule has 0 aromatic heterocycles. The second-order valence-corrected chi connectivity index (χ2v) is 5.61. The van der Waals surface area contributed by atoms with Crippen molar-refractivity contribution in [2.24, 2.45) is 0 Å². The molecular weight excluding hydrogens is 260 g/mol. The number of carbonyl (C=O) groups is 1. The molecule has 1 aliphatic carbocycles. The molecule has 0 aliphatic heterocycles. The molecular formula is C16H19ClO2. The van der Waals surface area contributed by atoms with Crippen LogP contribution in [0.15, 0.2) is 36.4 Å². The molecule has 0 N–H and O–H groups in total. The Morgan fingerprint density at radius 2 is 1.89 bits per heavy atom. The van der Waals surface area contributed by atoms with E-state index in [1.165, 1.54) is 6.42 Å². The van der Waals surface area contributed by atoms with Crippen LogP contribution in [0.3, 0.4) is 0 Å². The highest BCUT2D eigenvalue weighted by molar-refractivity contribution is 6.31. The third-order valence-corrected chi connectivity index (χ3v) is 3.99. The van der Waals surface area contributed by atoms with Gasteiger partial charge in [-0.15, -0.1) is 0 Å². The van der Waals surface area contributed by atoms with Gasteiger partial charge in [0.25, 0.3) is 0 Å². The fraction of sp³-hybridized carbons (Fsp3) is 0.438. The molecule has 102 valence electrons. The molecule has 0 atom stereocenters. The highest BCUT2D eigenvalue weighted by Gasteiger charge is 2.39. The predicted octanol–water partition coefficient (Wildman–Crippen LogP) is 4.62. The van der Waals surface area contributed by atoms with Crippen molar-refractivity contribution in [2.45, 2.75) is 44.6 Å². The van der Waals surface area contributed by atoms with Crippen LogP contribution in [0, 0.1) is 0 Å². The first-order valence-electron chi connectivity index (χ1n) is 6.69. The second kappa shape index (κ2) is 5.79. The van der Waals surface area contributed by atoms with Gasteiger partial charge in [-0.3, -0.25) is 0 Å². The number of halogens is 1. The number of hydrogen-bond donors (Lipinski definition) is 0. The Kier molecular flexibility index (Phi) is 4.31. The first-order valence-corrected chi connectivity index (χ1v) is 7.07. The van der Waals surface area contributed by atoms with Gasteiger partial charge in [0.15, 0.2) is 0 Å². The molecule has 3 heteroatoms. The Morgan fingerprint density at radius 3 is 2.47 bits per heavy atom. The topological polar surface area (TPSA) is 26.3 Å². The number of carbonyl (C=O) groups excluding carboxylic acids is 1. The summed E-state index contributed by atoms with van der Waals surface area (Å²) >= 11 is 6.30. The number of hydrogen-bond acceptors (Lipinski definition) is 2. The van der Waals surface area contributed by atoms with Gasteiger partial charge in [0.1, 0.15) is 5.60 Å². The van der Waals surface area contributed by atoms with Gasteiger partial charge >= 0.3 is 5.97 Å². The zero-order valence-corrected chi connectivity index (χ0v) is 12.0. The van der Waals surface area contributed by atoms with Crippen molar-refractivity contribution in [1.29, 1.82) is 0 Å². The molecule has 0 unspecified atom stereocenters. The summed E-state index contributed by atoms with van der Waals surface area (Å²) in [6, 6.07) is 7.64. The molecule has 0 amide bonds. The van der Waals surface area contributed by atoms with E-state index in [1.54, 1.807) is 6.92 Å². The molecule has 2 nitrogen and oxygen atoms in total. The molecule has 2 rings (SSSR count). The largest absolute Gasteiger partial charge is 0.451 e. The van der Waals surface area contributed by atoms with E-state index in [1.807, 2.05) is 24.3 Å². The van der Waals surface area contributed by atoms with Gasteiger partial charge in [-0.25, -0.2) is 4.79 Å². The lowest BCUT2D eigenvalue weighted by Crippen LogP contribution is -2.35. The molecule has 1 aromatic rings. The SMILES string of the molecule is C=C(C)C(=O)OC1(c2ccccc2Cl)CCCCC1. The fourth-order valence-corrected chi connectivity index (χ4v) is 2.95. The Balaban J connectivity index is 2.37. The molecule has 0 bridgehead atoms. The van der Waals surface area contributed by atoms with Gasteiger partial charge in [0.05, 0.1) is 0 Å². The van der Waals surface area contributed by atoms with Crippen molar-refractivity contribution >= 4 is 17.6 Å². The molecule has 0 heterocycles. The number of rotatable bonds is 3. The lowest BCUT2D eigenvalue weighted by Gasteiger charge is -2.37. The van der Waals surface area contributed by atoms with E-state index < -0.39 is 5.60 Å². The smallest absolute Gasteiger partial charge is 0.333 e. The van der Waals surface area contributed by atoms with Gasteiger partial charge in [-0.2, -0.15) is 0 Å². The fourth-order valence-electron chi connectivity index (χ4n) is 2.64. The zero-order chi connectivity index (χ0) is 13.9. The van der Waals surface area contributed by atoms with E-state index in [0.29, 0.717) is 10.6 Å². The molecule has 0 saturated heterocycles.